The maximum atomic E-state index is 15.6. The van der Waals surface area contributed by atoms with Gasteiger partial charge in [0.15, 0.2) is 0 Å². The molecule has 2 heterocycles. The summed E-state index contributed by atoms with van der Waals surface area (Å²) in [5.74, 6) is -0.170. The standard InChI is InChI=1S/C35H35FN2O3/c1-4-41-35(40)30-18-28(30)23-11-12-26(31(36)16-23)33-19-29-27(22-9-10-22)15-24(17-32(29)37(33)3)34(39)38-14-13-21-7-5-6-8-25(21)20(38)2/h5-8,11-12,15-17,19-20,22,28,30H,4,9-10,13-14,18H2,1-3H3/t20-,28-,30+/m1/s1. The lowest BCUT2D eigenvalue weighted by atomic mass is 9.92. The van der Waals surface area contributed by atoms with Crippen molar-refractivity contribution in [2.24, 2.45) is 13.0 Å². The quantitative estimate of drug-likeness (QED) is 0.237. The lowest BCUT2D eigenvalue weighted by Gasteiger charge is -2.35. The number of rotatable bonds is 6. The minimum atomic E-state index is -0.298. The third-order valence-electron chi connectivity index (χ3n) is 9.39. The number of aryl methyl sites for hydroxylation is 1. The number of halogens is 1. The molecular weight excluding hydrogens is 515 g/mol. The number of aromatic nitrogens is 1. The fourth-order valence-electron chi connectivity index (χ4n) is 6.83. The first-order valence-corrected chi connectivity index (χ1v) is 14.8. The molecule has 41 heavy (non-hydrogen) atoms. The molecule has 0 radical (unpaired) electrons. The van der Waals surface area contributed by atoms with Crippen molar-refractivity contribution in [3.63, 3.8) is 0 Å². The molecule has 1 aliphatic heterocycles. The molecule has 0 spiro atoms. The van der Waals surface area contributed by atoms with Crippen LogP contribution in [0.2, 0.25) is 0 Å². The summed E-state index contributed by atoms with van der Waals surface area (Å²) in [5.41, 5.74) is 7.52. The zero-order valence-corrected chi connectivity index (χ0v) is 23.8. The lowest BCUT2D eigenvalue weighted by Crippen LogP contribution is -2.38. The van der Waals surface area contributed by atoms with Crippen molar-refractivity contribution in [3.05, 3.63) is 94.3 Å². The number of hydrogen-bond donors (Lipinski definition) is 0. The Labute approximate surface area is 239 Å². The third kappa shape index (κ3) is 4.44. The highest BCUT2D eigenvalue weighted by Crippen LogP contribution is 2.49. The monoisotopic (exact) mass is 550 g/mol. The molecule has 2 saturated carbocycles. The van der Waals surface area contributed by atoms with E-state index in [4.69, 9.17) is 4.74 Å². The van der Waals surface area contributed by atoms with Gasteiger partial charge in [0.25, 0.3) is 5.91 Å². The highest BCUT2D eigenvalue weighted by atomic mass is 19.1. The molecule has 7 rings (SSSR count). The van der Waals surface area contributed by atoms with E-state index < -0.39 is 0 Å². The van der Waals surface area contributed by atoms with Crippen molar-refractivity contribution in [1.29, 1.82) is 0 Å². The van der Waals surface area contributed by atoms with Gasteiger partial charge in [0.1, 0.15) is 5.82 Å². The van der Waals surface area contributed by atoms with Crippen molar-refractivity contribution in [1.82, 2.24) is 9.47 Å². The van der Waals surface area contributed by atoms with Crippen LogP contribution in [-0.2, 0) is 23.0 Å². The molecule has 3 aromatic carbocycles. The Kier molecular flexibility index (Phi) is 6.25. The molecule has 6 heteroatoms. The number of ether oxygens (including phenoxy) is 1. The Morgan fingerprint density at radius 1 is 1.02 bits per heavy atom. The summed E-state index contributed by atoms with van der Waals surface area (Å²) >= 11 is 0. The number of carbonyl (C=O) groups excluding carboxylic acids is 2. The highest BCUT2D eigenvalue weighted by Gasteiger charge is 2.45. The van der Waals surface area contributed by atoms with Crippen LogP contribution in [-0.4, -0.2) is 34.5 Å². The zero-order valence-electron chi connectivity index (χ0n) is 23.8. The van der Waals surface area contributed by atoms with E-state index in [0.717, 1.165) is 41.4 Å². The third-order valence-corrected chi connectivity index (χ3v) is 9.39. The summed E-state index contributed by atoms with van der Waals surface area (Å²) in [6.07, 6.45) is 3.77. The summed E-state index contributed by atoms with van der Waals surface area (Å²) < 4.78 is 22.8. The minimum absolute atomic E-state index is 0.0130. The predicted molar refractivity (Wildman–Crippen MR) is 157 cm³/mol. The van der Waals surface area contributed by atoms with Crippen LogP contribution in [0.25, 0.3) is 22.2 Å². The van der Waals surface area contributed by atoms with Gasteiger partial charge < -0.3 is 14.2 Å². The fourth-order valence-corrected chi connectivity index (χ4v) is 6.83. The molecule has 3 aliphatic rings. The second kappa shape index (κ2) is 9.86. The molecule has 4 aromatic rings. The molecule has 1 aromatic heterocycles. The van der Waals surface area contributed by atoms with Crippen molar-refractivity contribution in [2.75, 3.05) is 13.2 Å². The average molecular weight is 551 g/mol. The summed E-state index contributed by atoms with van der Waals surface area (Å²) in [7, 11) is 1.95. The number of fused-ring (bicyclic) bond motifs is 2. The number of benzene rings is 3. The van der Waals surface area contributed by atoms with E-state index in [9.17, 15) is 9.59 Å². The van der Waals surface area contributed by atoms with Crippen molar-refractivity contribution < 1.29 is 18.7 Å². The van der Waals surface area contributed by atoms with Crippen LogP contribution in [0.3, 0.4) is 0 Å². The van der Waals surface area contributed by atoms with Crippen LogP contribution < -0.4 is 0 Å². The SMILES string of the molecule is CCOC(=O)[C@H]1C[C@@H]1c1ccc(-c2cc3c(C4CC4)cc(C(=O)N4CCc5ccccc5[C@H]4C)cc3n2C)c(F)c1. The molecule has 3 atom stereocenters. The van der Waals surface area contributed by atoms with Gasteiger partial charge in [-0.1, -0.05) is 30.3 Å². The van der Waals surface area contributed by atoms with Gasteiger partial charge in [-0.2, -0.15) is 0 Å². The van der Waals surface area contributed by atoms with Crippen LogP contribution in [0.4, 0.5) is 4.39 Å². The second-order valence-electron chi connectivity index (χ2n) is 11.9. The van der Waals surface area contributed by atoms with Gasteiger partial charge in [-0.05, 0) is 104 Å². The second-order valence-corrected chi connectivity index (χ2v) is 11.9. The van der Waals surface area contributed by atoms with Crippen molar-refractivity contribution in [2.45, 2.75) is 57.4 Å². The largest absolute Gasteiger partial charge is 0.466 e. The zero-order chi connectivity index (χ0) is 28.4. The molecule has 2 fully saturated rings. The number of amides is 1. The maximum absolute atomic E-state index is 15.6. The van der Waals surface area contributed by atoms with E-state index in [1.54, 1.807) is 13.0 Å². The molecule has 210 valence electrons. The Bertz CT molecular complexity index is 1700. The van der Waals surface area contributed by atoms with E-state index in [1.165, 1.54) is 16.7 Å². The fraction of sp³-hybridized carbons (Fsp3) is 0.371. The van der Waals surface area contributed by atoms with Crippen LogP contribution in [0.1, 0.15) is 83.6 Å². The van der Waals surface area contributed by atoms with Crippen molar-refractivity contribution >= 4 is 22.8 Å². The van der Waals surface area contributed by atoms with Gasteiger partial charge in [-0.25, -0.2) is 4.39 Å². The highest BCUT2D eigenvalue weighted by molar-refractivity contribution is 6.01. The van der Waals surface area contributed by atoms with Crippen LogP contribution >= 0.6 is 0 Å². The first kappa shape index (κ1) is 26.0. The Hall–Kier alpha value is -3.93. The average Bonchev–Trinajstić information content (AvgIpc) is 3.90. The Morgan fingerprint density at radius 3 is 2.59 bits per heavy atom. The van der Waals surface area contributed by atoms with Gasteiger partial charge in [0.05, 0.1) is 24.3 Å². The van der Waals surface area contributed by atoms with Crippen LogP contribution in [0, 0.1) is 11.7 Å². The molecule has 0 bridgehead atoms. The van der Waals surface area contributed by atoms with Gasteiger partial charge >= 0.3 is 5.97 Å². The molecule has 1 amide bonds. The summed E-state index contributed by atoms with van der Waals surface area (Å²) in [6, 6.07) is 19.9. The van der Waals surface area contributed by atoms with E-state index in [2.05, 4.69) is 37.3 Å². The summed E-state index contributed by atoms with van der Waals surface area (Å²) in [6.45, 7) is 4.97. The van der Waals surface area contributed by atoms with Crippen LogP contribution in [0.15, 0.2) is 60.7 Å². The number of carbonyl (C=O) groups is 2. The minimum Gasteiger partial charge on any atom is -0.466 e. The van der Waals surface area contributed by atoms with Crippen molar-refractivity contribution in [3.8, 4) is 11.3 Å². The number of nitrogens with zero attached hydrogens (tertiary/aromatic N) is 2. The molecule has 2 aliphatic carbocycles. The van der Waals surface area contributed by atoms with Crippen LogP contribution in [0.5, 0.6) is 0 Å². The Morgan fingerprint density at radius 2 is 1.83 bits per heavy atom. The molecule has 0 N–H and O–H groups in total. The smallest absolute Gasteiger partial charge is 0.309 e. The molecule has 5 nitrogen and oxygen atoms in total. The molecule has 0 unspecified atom stereocenters. The molecular formula is C35H35FN2O3. The summed E-state index contributed by atoms with van der Waals surface area (Å²) in [5, 5.41) is 1.09. The molecule has 0 saturated heterocycles. The van der Waals surface area contributed by atoms with Gasteiger partial charge in [-0.3, -0.25) is 9.59 Å². The van der Waals surface area contributed by atoms with Gasteiger partial charge in [0.2, 0.25) is 0 Å². The first-order chi connectivity index (χ1) is 19.9. The van der Waals surface area contributed by atoms with E-state index in [1.807, 2.05) is 40.8 Å². The maximum Gasteiger partial charge on any atom is 0.309 e. The normalized spacial score (nSPS) is 21.6. The Balaban J connectivity index is 1.23. The summed E-state index contributed by atoms with van der Waals surface area (Å²) in [4.78, 5) is 28.0. The number of esters is 1. The van der Waals surface area contributed by atoms with E-state index in [-0.39, 0.29) is 35.6 Å². The van der Waals surface area contributed by atoms with E-state index >= 15 is 4.39 Å². The number of hydrogen-bond acceptors (Lipinski definition) is 3. The van der Waals surface area contributed by atoms with Gasteiger partial charge in [-0.15, -0.1) is 0 Å². The topological polar surface area (TPSA) is 51.5 Å². The lowest BCUT2D eigenvalue weighted by molar-refractivity contribution is -0.144. The first-order valence-electron chi connectivity index (χ1n) is 14.8. The van der Waals surface area contributed by atoms with Gasteiger partial charge in [0, 0.05) is 35.6 Å². The van der Waals surface area contributed by atoms with E-state index in [0.29, 0.717) is 36.6 Å². The predicted octanol–water partition coefficient (Wildman–Crippen LogP) is 7.29.